The lowest BCUT2D eigenvalue weighted by atomic mass is 9.72. The topological polar surface area (TPSA) is 50.7 Å². The third kappa shape index (κ3) is 5.94. The summed E-state index contributed by atoms with van der Waals surface area (Å²) in [6, 6.07) is 0. The lowest BCUT2D eigenvalue weighted by Crippen LogP contribution is -2.19. The minimum absolute atomic E-state index is 0. The molecule has 2 aliphatic rings. The largest absolute Gasteiger partial charge is 0.309 e. The first-order chi connectivity index (χ1) is 11.8. The van der Waals surface area contributed by atoms with Gasteiger partial charge in [-0.15, -0.1) is 4.40 Å². The first kappa shape index (κ1) is 19.6. The molecule has 0 radical (unpaired) electrons. The fraction of sp³-hybridized carbons (Fsp3) is 0.450. The highest BCUT2D eigenvalue weighted by Gasteiger charge is 2.26. The van der Waals surface area contributed by atoms with Gasteiger partial charge < -0.3 is 0 Å². The van der Waals surface area contributed by atoms with Crippen LogP contribution in [0.3, 0.4) is 0 Å². The molecule has 0 saturated carbocycles. The van der Waals surface area contributed by atoms with E-state index >= 15 is 0 Å². The highest BCUT2D eigenvalue weighted by atomic mass is 32.2. The minimum Gasteiger partial charge on any atom is -0.231 e. The summed E-state index contributed by atoms with van der Waals surface area (Å²) in [5, 5.41) is 0. The summed E-state index contributed by atoms with van der Waals surface area (Å²) in [6.07, 6.45) is 16.1. The number of hydrogen-bond acceptors (Lipinski definition) is 3. The van der Waals surface area contributed by atoms with Crippen LogP contribution in [0.15, 0.2) is 63.1 Å². The van der Waals surface area contributed by atoms with E-state index in [0.29, 0.717) is 5.84 Å². The van der Waals surface area contributed by atoms with Crippen molar-refractivity contribution in [2.24, 2.45) is 9.81 Å². The molecule has 0 aromatic carbocycles. The average Bonchev–Trinajstić information content (AvgIpc) is 2.91. The van der Waals surface area contributed by atoms with Crippen LogP contribution in [0.25, 0.3) is 0 Å². The molecule has 2 rings (SSSR count). The van der Waals surface area contributed by atoms with E-state index in [1.165, 1.54) is 36.0 Å². The van der Waals surface area contributed by atoms with Gasteiger partial charge in [0, 0.05) is 1.43 Å². The minimum atomic E-state index is -1.61. The van der Waals surface area contributed by atoms with E-state index in [9.17, 15) is 4.21 Å². The van der Waals surface area contributed by atoms with Gasteiger partial charge in [-0.2, -0.15) is 4.28 Å². The highest BCUT2D eigenvalue weighted by Crippen LogP contribution is 2.40. The quantitative estimate of drug-likeness (QED) is 0.677. The Morgan fingerprint density at radius 2 is 2.08 bits per heavy atom. The van der Waals surface area contributed by atoms with E-state index in [4.69, 9.17) is 0 Å². The van der Waals surface area contributed by atoms with Gasteiger partial charge >= 0.3 is 11.3 Å². The van der Waals surface area contributed by atoms with Crippen molar-refractivity contribution in [1.82, 2.24) is 5.48 Å². The molecular weight excluding hydrogens is 332 g/mol. The second-order valence-electron chi connectivity index (χ2n) is 7.30. The van der Waals surface area contributed by atoms with Gasteiger partial charge in [0.25, 0.3) is 0 Å². The molecule has 5 heteroatoms. The second-order valence-corrected chi connectivity index (χ2v) is 8.09. The molecule has 1 aliphatic heterocycles. The number of hydroxylamine groups is 1. The maximum Gasteiger partial charge on any atom is 0.309 e. The summed E-state index contributed by atoms with van der Waals surface area (Å²) in [5.74, 6) is 0.475. The Morgan fingerprint density at radius 1 is 1.32 bits per heavy atom. The Hall–Kier alpha value is -1.72. The first-order valence-corrected chi connectivity index (χ1v) is 9.66. The number of allylic oxidation sites excluding steroid dienone is 9. The molecule has 0 aromatic heterocycles. The number of nitrogens with one attached hydrogen (secondary N) is 1. The molecule has 1 atom stereocenters. The zero-order valence-electron chi connectivity index (χ0n) is 15.8. The molecule has 25 heavy (non-hydrogen) atoms. The number of hydrogen-bond donors (Lipinski definition) is 1. The van der Waals surface area contributed by atoms with Crippen LogP contribution in [0.4, 0.5) is 0 Å². The van der Waals surface area contributed by atoms with Gasteiger partial charge in [0.2, 0.25) is 0 Å². The van der Waals surface area contributed by atoms with Crippen LogP contribution < -0.4 is 5.48 Å². The van der Waals surface area contributed by atoms with E-state index in [-0.39, 0.29) is 6.84 Å². The van der Waals surface area contributed by atoms with Crippen LogP contribution in [0, 0.1) is 5.41 Å². The van der Waals surface area contributed by atoms with Crippen molar-refractivity contribution in [2.45, 2.75) is 53.9 Å². The van der Waals surface area contributed by atoms with Crippen molar-refractivity contribution in [3.8, 4) is 0 Å². The van der Waals surface area contributed by atoms with Crippen molar-refractivity contribution in [1.29, 1.82) is 0 Å². The van der Waals surface area contributed by atoms with Crippen LogP contribution in [0.5, 0.6) is 0 Å². The normalized spacial score (nSPS) is 25.0. The van der Waals surface area contributed by atoms with E-state index in [0.717, 1.165) is 5.57 Å². The molecule has 4 nitrogen and oxygen atoms in total. The maximum atomic E-state index is 11.0. The Kier molecular flexibility index (Phi) is 6.73. The van der Waals surface area contributed by atoms with Crippen molar-refractivity contribution < 1.29 is 9.92 Å². The summed E-state index contributed by atoms with van der Waals surface area (Å²) >= 11 is -1.61. The van der Waals surface area contributed by atoms with Gasteiger partial charge in [-0.25, -0.2) is 9.69 Å². The number of amidine groups is 1. The third-order valence-electron chi connectivity index (χ3n) is 4.53. The van der Waals surface area contributed by atoms with Crippen LogP contribution >= 0.6 is 0 Å². The van der Waals surface area contributed by atoms with Crippen LogP contribution in [-0.4, -0.2) is 10.0 Å². The summed E-state index contributed by atoms with van der Waals surface area (Å²) in [6.45, 7) is 11.0. The van der Waals surface area contributed by atoms with E-state index in [1.54, 1.807) is 6.08 Å². The van der Waals surface area contributed by atoms with Gasteiger partial charge in [0.15, 0.2) is 5.84 Å². The second kappa shape index (κ2) is 8.59. The summed E-state index contributed by atoms with van der Waals surface area (Å²) in [5.41, 5.74) is 7.97. The van der Waals surface area contributed by atoms with Crippen molar-refractivity contribution in [2.75, 3.05) is 0 Å². The molecule has 138 valence electrons. The third-order valence-corrected chi connectivity index (χ3v) is 5.10. The highest BCUT2D eigenvalue weighted by molar-refractivity contribution is 7.79. The van der Waals surface area contributed by atoms with Crippen LogP contribution in [-0.2, 0) is 15.6 Å². The molecule has 0 spiro atoms. The monoisotopic (exact) mass is 362 g/mol. The number of nitrogens with zero attached hydrogens (tertiary/aromatic N) is 1. The molecule has 0 fully saturated rings. The van der Waals surface area contributed by atoms with Gasteiger partial charge in [-0.05, 0) is 62.7 Å². The number of rotatable bonds is 5. The SMILES string of the molecule is CC1=C(/C=C/C(C)=C/C=C/C(C)=C/C2=N[S@@](=O)ON2)C(C)(C)CCC1.[HH]. The molecule has 0 unspecified atom stereocenters. The van der Waals surface area contributed by atoms with E-state index < -0.39 is 11.3 Å². The van der Waals surface area contributed by atoms with Gasteiger partial charge in [0.05, 0.1) is 0 Å². The van der Waals surface area contributed by atoms with Gasteiger partial charge in [-0.1, -0.05) is 55.4 Å². The summed E-state index contributed by atoms with van der Waals surface area (Å²) < 4.78 is 19.4. The van der Waals surface area contributed by atoms with Crippen molar-refractivity contribution in [3.63, 3.8) is 0 Å². The Labute approximate surface area is 155 Å². The van der Waals surface area contributed by atoms with Crippen LogP contribution in [0.1, 0.15) is 55.3 Å². The predicted octanol–water partition coefficient (Wildman–Crippen LogP) is 5.28. The molecule has 0 bridgehead atoms. The van der Waals surface area contributed by atoms with Crippen LogP contribution in [0.2, 0.25) is 0 Å². The fourth-order valence-electron chi connectivity index (χ4n) is 3.15. The Morgan fingerprint density at radius 3 is 2.72 bits per heavy atom. The zero-order chi connectivity index (χ0) is 18.4. The zero-order valence-corrected chi connectivity index (χ0v) is 16.6. The molecule has 0 aromatic rings. The summed E-state index contributed by atoms with van der Waals surface area (Å²) in [7, 11) is 0. The smallest absolute Gasteiger partial charge is 0.231 e. The maximum absolute atomic E-state index is 11.0. The lowest BCUT2D eigenvalue weighted by Gasteiger charge is -2.32. The average molecular weight is 363 g/mol. The van der Waals surface area contributed by atoms with Gasteiger partial charge in [-0.3, -0.25) is 0 Å². The molecule has 1 heterocycles. The molecular formula is C20H30N2O2S. The lowest BCUT2D eigenvalue weighted by molar-refractivity contribution is 0.306. The Balaban J connectivity index is 0.00000338. The van der Waals surface area contributed by atoms with E-state index in [2.05, 4.69) is 60.1 Å². The molecule has 0 amide bonds. The van der Waals surface area contributed by atoms with Crippen molar-refractivity contribution >= 4 is 17.1 Å². The summed E-state index contributed by atoms with van der Waals surface area (Å²) in [4.78, 5) is 0. The first-order valence-electron chi connectivity index (χ1n) is 8.63. The van der Waals surface area contributed by atoms with Crippen molar-refractivity contribution in [3.05, 3.63) is 58.7 Å². The molecule has 0 saturated heterocycles. The molecule has 1 aliphatic carbocycles. The standard InChI is InChI=1S/C20H28N2O2S.H2/c1-15(11-12-18-17(3)10-7-13-20(18,4)5)8-6-9-16(2)14-19-21-24-25(23)22-19;/h6,8-9,11-12,14H,7,10,13H2,1-5H3,(H,21,22);1H/b9-6+,12-11+,15-8+,16-14+;/t25-;/m0./s1. The predicted molar refractivity (Wildman–Crippen MR) is 108 cm³/mol. The Bertz CT molecular complexity index is 728. The van der Waals surface area contributed by atoms with Gasteiger partial charge in [0.1, 0.15) is 0 Å². The van der Waals surface area contributed by atoms with E-state index in [1.807, 2.05) is 19.1 Å². The fourth-order valence-corrected chi connectivity index (χ4v) is 3.59. The molecule has 1 N–H and O–H groups in total.